The first-order chi connectivity index (χ1) is 7.65. The van der Waals surface area contributed by atoms with Crippen LogP contribution in [0.5, 0.6) is 6.01 Å². The number of aromatic nitrogens is 3. The zero-order valence-corrected chi connectivity index (χ0v) is 9.45. The van der Waals surface area contributed by atoms with Gasteiger partial charge < -0.3 is 10.1 Å². The molecule has 7 heteroatoms. The fraction of sp³-hybridized carbons (Fsp3) is 0.667. The molecule has 0 unspecified atom stereocenters. The average molecular weight is 224 g/mol. The summed E-state index contributed by atoms with van der Waals surface area (Å²) in [7, 11) is 1.50. The maximum Gasteiger partial charge on any atom is 0.322 e. The van der Waals surface area contributed by atoms with E-state index in [1.165, 1.54) is 13.5 Å². The molecule has 0 aliphatic heterocycles. The maximum absolute atomic E-state index is 5.27. The highest BCUT2D eigenvalue weighted by Crippen LogP contribution is 2.33. The molecule has 1 heterocycles. The number of anilines is 2. The van der Waals surface area contributed by atoms with Gasteiger partial charge in [-0.2, -0.15) is 15.0 Å². The molecule has 0 saturated heterocycles. The molecule has 1 saturated carbocycles. The van der Waals surface area contributed by atoms with Crippen LogP contribution in [-0.4, -0.2) is 27.6 Å². The van der Waals surface area contributed by atoms with Gasteiger partial charge in [0.05, 0.1) is 7.11 Å². The summed E-state index contributed by atoms with van der Waals surface area (Å²) in [5, 5.41) is 3.27. The van der Waals surface area contributed by atoms with Crippen LogP contribution in [0.15, 0.2) is 0 Å². The van der Waals surface area contributed by atoms with Gasteiger partial charge in [0.25, 0.3) is 0 Å². The van der Waals surface area contributed by atoms with Crippen LogP contribution in [0.3, 0.4) is 0 Å². The molecule has 4 N–H and O–H groups in total. The normalized spacial score (nSPS) is 17.4. The predicted molar refractivity (Wildman–Crippen MR) is 60.1 cm³/mol. The smallest absolute Gasteiger partial charge is 0.322 e. The minimum atomic E-state index is 0.0816. The van der Waals surface area contributed by atoms with Gasteiger partial charge in [-0.1, -0.05) is 0 Å². The summed E-state index contributed by atoms with van der Waals surface area (Å²) in [6, 6.07) is 0.244. The van der Waals surface area contributed by atoms with Crippen LogP contribution in [-0.2, 0) is 0 Å². The van der Waals surface area contributed by atoms with Gasteiger partial charge in [0.15, 0.2) is 0 Å². The Hall–Kier alpha value is -1.63. The average Bonchev–Trinajstić information content (AvgIpc) is 2.26. The third-order valence-electron chi connectivity index (χ3n) is 2.80. The van der Waals surface area contributed by atoms with E-state index in [1.807, 2.05) is 0 Å². The second-order valence-corrected chi connectivity index (χ2v) is 4.15. The van der Waals surface area contributed by atoms with E-state index < -0.39 is 0 Å². The van der Waals surface area contributed by atoms with Gasteiger partial charge in [-0.15, -0.1) is 0 Å². The number of nitrogens with one attached hydrogen (secondary N) is 2. The minimum Gasteiger partial charge on any atom is -0.467 e. The lowest BCUT2D eigenvalue weighted by Gasteiger charge is -2.39. The van der Waals surface area contributed by atoms with Crippen molar-refractivity contribution in [2.45, 2.75) is 31.7 Å². The van der Waals surface area contributed by atoms with Crippen molar-refractivity contribution in [3.8, 4) is 6.01 Å². The minimum absolute atomic E-state index is 0.0816. The second-order valence-electron chi connectivity index (χ2n) is 4.15. The van der Waals surface area contributed by atoms with Gasteiger partial charge in [0.1, 0.15) is 0 Å². The summed E-state index contributed by atoms with van der Waals surface area (Å²) < 4.78 is 4.97. The fourth-order valence-electron chi connectivity index (χ4n) is 1.67. The Balaban J connectivity index is 2.18. The van der Waals surface area contributed by atoms with Crippen molar-refractivity contribution in [1.29, 1.82) is 0 Å². The van der Waals surface area contributed by atoms with Crippen LogP contribution in [0.4, 0.5) is 11.9 Å². The molecule has 0 amide bonds. The van der Waals surface area contributed by atoms with Gasteiger partial charge >= 0.3 is 6.01 Å². The van der Waals surface area contributed by atoms with Crippen molar-refractivity contribution in [2.24, 2.45) is 5.84 Å². The molecule has 1 fully saturated rings. The number of ether oxygens (including phenoxy) is 1. The number of hydrazine groups is 1. The zero-order valence-electron chi connectivity index (χ0n) is 9.45. The van der Waals surface area contributed by atoms with Crippen LogP contribution in [0, 0.1) is 0 Å². The Morgan fingerprint density at radius 1 is 1.25 bits per heavy atom. The molecular weight excluding hydrogens is 208 g/mol. The molecule has 7 nitrogen and oxygen atoms in total. The standard InChI is InChI=1S/C9H16N6O/c1-9(4-3-5-9)14-6-11-7(15-10)13-8(12-6)16-2/h3-5,10H2,1-2H3,(H2,11,12,13,14,15). The highest BCUT2D eigenvalue weighted by atomic mass is 16.5. The lowest BCUT2D eigenvalue weighted by atomic mass is 9.79. The number of hydrogen-bond donors (Lipinski definition) is 3. The Labute approximate surface area is 93.8 Å². The monoisotopic (exact) mass is 224 g/mol. The fourth-order valence-corrected chi connectivity index (χ4v) is 1.67. The van der Waals surface area contributed by atoms with Crippen LogP contribution < -0.4 is 21.3 Å². The van der Waals surface area contributed by atoms with E-state index in [0.29, 0.717) is 5.95 Å². The molecule has 0 aromatic carbocycles. The zero-order chi connectivity index (χ0) is 11.6. The van der Waals surface area contributed by atoms with E-state index in [0.717, 1.165) is 12.8 Å². The number of hydrogen-bond acceptors (Lipinski definition) is 7. The van der Waals surface area contributed by atoms with E-state index >= 15 is 0 Å². The van der Waals surface area contributed by atoms with E-state index in [-0.39, 0.29) is 17.5 Å². The topological polar surface area (TPSA) is 98.0 Å². The Morgan fingerprint density at radius 3 is 2.44 bits per heavy atom. The molecule has 0 spiro atoms. The first-order valence-electron chi connectivity index (χ1n) is 5.20. The summed E-state index contributed by atoms with van der Waals surface area (Å²) in [5.41, 5.74) is 2.46. The molecule has 88 valence electrons. The SMILES string of the molecule is COc1nc(NN)nc(NC2(C)CCC2)n1. The Bertz CT molecular complexity index is 356. The molecule has 1 aliphatic carbocycles. The summed E-state index contributed by atoms with van der Waals surface area (Å²) in [5.74, 6) is 6.04. The van der Waals surface area contributed by atoms with Crippen molar-refractivity contribution >= 4 is 11.9 Å². The molecule has 1 aromatic heterocycles. The van der Waals surface area contributed by atoms with Gasteiger partial charge in [0.2, 0.25) is 11.9 Å². The summed E-state index contributed by atoms with van der Waals surface area (Å²) in [6.07, 6.45) is 3.46. The second kappa shape index (κ2) is 4.09. The lowest BCUT2D eigenvalue weighted by Crippen LogP contribution is -2.42. The van der Waals surface area contributed by atoms with Crippen LogP contribution in [0.1, 0.15) is 26.2 Å². The third kappa shape index (κ3) is 2.13. The van der Waals surface area contributed by atoms with E-state index in [2.05, 4.69) is 32.6 Å². The largest absolute Gasteiger partial charge is 0.467 e. The quantitative estimate of drug-likeness (QED) is 0.506. The number of rotatable bonds is 4. The van der Waals surface area contributed by atoms with Gasteiger partial charge in [0, 0.05) is 5.54 Å². The van der Waals surface area contributed by atoms with Crippen molar-refractivity contribution < 1.29 is 4.74 Å². The van der Waals surface area contributed by atoms with E-state index in [4.69, 9.17) is 10.6 Å². The summed E-state index contributed by atoms with van der Waals surface area (Å²) in [4.78, 5) is 12.2. The molecular formula is C9H16N6O. The molecule has 16 heavy (non-hydrogen) atoms. The number of nitrogens with zero attached hydrogens (tertiary/aromatic N) is 3. The van der Waals surface area contributed by atoms with Crippen molar-refractivity contribution in [1.82, 2.24) is 15.0 Å². The van der Waals surface area contributed by atoms with E-state index in [1.54, 1.807) is 0 Å². The lowest BCUT2D eigenvalue weighted by molar-refractivity contribution is 0.303. The number of nitrogen functional groups attached to an aromatic ring is 1. The van der Waals surface area contributed by atoms with Gasteiger partial charge in [-0.3, -0.25) is 5.43 Å². The van der Waals surface area contributed by atoms with E-state index in [9.17, 15) is 0 Å². The van der Waals surface area contributed by atoms with Crippen molar-refractivity contribution in [3.63, 3.8) is 0 Å². The number of nitrogens with two attached hydrogens (primary N) is 1. The highest BCUT2D eigenvalue weighted by Gasteiger charge is 2.32. The Kier molecular flexibility index (Phi) is 2.78. The highest BCUT2D eigenvalue weighted by molar-refractivity contribution is 5.37. The Morgan fingerprint density at radius 2 is 1.94 bits per heavy atom. The van der Waals surface area contributed by atoms with Gasteiger partial charge in [-0.25, -0.2) is 5.84 Å². The van der Waals surface area contributed by atoms with Crippen molar-refractivity contribution in [2.75, 3.05) is 17.9 Å². The summed E-state index contributed by atoms with van der Waals surface area (Å²) in [6.45, 7) is 2.14. The summed E-state index contributed by atoms with van der Waals surface area (Å²) >= 11 is 0. The molecule has 2 rings (SSSR count). The third-order valence-corrected chi connectivity index (χ3v) is 2.80. The first kappa shape index (κ1) is 10.9. The van der Waals surface area contributed by atoms with Gasteiger partial charge in [-0.05, 0) is 26.2 Å². The molecule has 0 atom stereocenters. The first-order valence-corrected chi connectivity index (χ1v) is 5.20. The molecule has 1 aromatic rings. The maximum atomic E-state index is 5.27. The van der Waals surface area contributed by atoms with Crippen LogP contribution in [0.2, 0.25) is 0 Å². The number of methoxy groups -OCH3 is 1. The molecule has 0 radical (unpaired) electrons. The van der Waals surface area contributed by atoms with Crippen LogP contribution in [0.25, 0.3) is 0 Å². The van der Waals surface area contributed by atoms with Crippen LogP contribution >= 0.6 is 0 Å². The predicted octanol–water partition coefficient (Wildman–Crippen LogP) is 0.520. The molecule has 0 bridgehead atoms. The van der Waals surface area contributed by atoms with Crippen molar-refractivity contribution in [3.05, 3.63) is 0 Å². The molecule has 1 aliphatic rings.